The molecular formula is C14H15Cl3N2O. The summed E-state index contributed by atoms with van der Waals surface area (Å²) in [4.78, 5) is 0. The Morgan fingerprint density at radius 1 is 1.20 bits per heavy atom. The fraction of sp³-hybridized carbons (Fsp3) is 0.357. The maximum absolute atomic E-state index is 10.4. The Balaban J connectivity index is 2.28. The molecule has 1 aromatic carbocycles. The molecule has 0 saturated heterocycles. The van der Waals surface area contributed by atoms with E-state index in [9.17, 15) is 5.11 Å². The zero-order chi connectivity index (χ0) is 14.9. The maximum Gasteiger partial charge on any atom is 0.101 e. The van der Waals surface area contributed by atoms with Crippen LogP contribution >= 0.6 is 34.8 Å². The highest BCUT2D eigenvalue weighted by Crippen LogP contribution is 2.30. The summed E-state index contributed by atoms with van der Waals surface area (Å²) in [6, 6.07) is 5.33. The van der Waals surface area contributed by atoms with Crippen molar-refractivity contribution in [3.8, 4) is 0 Å². The quantitative estimate of drug-likeness (QED) is 0.880. The number of aliphatic hydroxyl groups is 1. The molecule has 0 bridgehead atoms. The number of hydrogen-bond donors (Lipinski definition) is 1. The van der Waals surface area contributed by atoms with Crippen molar-refractivity contribution in [2.75, 3.05) is 0 Å². The lowest BCUT2D eigenvalue weighted by atomic mass is 10.1. The largest absolute Gasteiger partial charge is 0.386 e. The zero-order valence-corrected chi connectivity index (χ0v) is 13.4. The monoisotopic (exact) mass is 332 g/mol. The molecule has 0 spiro atoms. The fourth-order valence-electron chi connectivity index (χ4n) is 2.07. The number of rotatable bonds is 4. The lowest BCUT2D eigenvalue weighted by Crippen LogP contribution is -2.13. The van der Waals surface area contributed by atoms with Crippen LogP contribution in [0.15, 0.2) is 24.4 Å². The summed E-state index contributed by atoms with van der Waals surface area (Å²) in [7, 11) is 0. The van der Waals surface area contributed by atoms with Gasteiger partial charge < -0.3 is 5.11 Å². The summed E-state index contributed by atoms with van der Waals surface area (Å²) in [5.74, 6) is 0. The predicted octanol–water partition coefficient (Wildman–Crippen LogP) is 4.70. The number of halogens is 3. The molecule has 108 valence electrons. The van der Waals surface area contributed by atoms with Crippen molar-refractivity contribution in [1.82, 2.24) is 9.78 Å². The molecule has 0 radical (unpaired) electrons. The number of benzene rings is 1. The van der Waals surface area contributed by atoms with Crippen LogP contribution in [0.4, 0.5) is 0 Å². The van der Waals surface area contributed by atoms with E-state index in [-0.39, 0.29) is 6.04 Å². The van der Waals surface area contributed by atoms with Crippen LogP contribution in [0.3, 0.4) is 0 Å². The molecule has 2 aromatic rings. The Kier molecular flexibility index (Phi) is 4.97. The first-order valence-electron chi connectivity index (χ1n) is 6.25. The minimum Gasteiger partial charge on any atom is -0.386 e. The average molecular weight is 334 g/mol. The van der Waals surface area contributed by atoms with Crippen LogP contribution in [-0.2, 0) is 6.42 Å². The first kappa shape index (κ1) is 15.6. The molecule has 1 N–H and O–H groups in total. The topological polar surface area (TPSA) is 38.0 Å². The fourth-order valence-corrected chi connectivity index (χ4v) is 2.81. The van der Waals surface area contributed by atoms with E-state index in [1.165, 1.54) is 0 Å². The Bertz CT molecular complexity index is 610. The Morgan fingerprint density at radius 2 is 1.90 bits per heavy atom. The van der Waals surface area contributed by atoms with Gasteiger partial charge in [-0.1, -0.05) is 40.9 Å². The maximum atomic E-state index is 10.4. The number of aliphatic hydroxyl groups excluding tert-OH is 1. The third-order valence-electron chi connectivity index (χ3n) is 3.02. The zero-order valence-electron chi connectivity index (χ0n) is 11.1. The summed E-state index contributed by atoms with van der Waals surface area (Å²) in [6.45, 7) is 3.96. The van der Waals surface area contributed by atoms with E-state index in [1.807, 2.05) is 13.8 Å². The Morgan fingerprint density at radius 3 is 2.50 bits per heavy atom. The molecule has 0 aliphatic heterocycles. The van der Waals surface area contributed by atoms with Gasteiger partial charge >= 0.3 is 0 Å². The van der Waals surface area contributed by atoms with Crippen LogP contribution in [0.2, 0.25) is 15.1 Å². The molecule has 0 aliphatic carbocycles. The van der Waals surface area contributed by atoms with Crippen molar-refractivity contribution in [2.24, 2.45) is 0 Å². The van der Waals surface area contributed by atoms with Gasteiger partial charge in [0.2, 0.25) is 0 Å². The smallest absolute Gasteiger partial charge is 0.101 e. The standard InChI is InChI=1S/C14H15Cl3N2O/c1-8(2)19-14(12(17)7-18-19)13(20)5-9-3-4-10(15)6-11(9)16/h3-4,6-8,13,20H,5H2,1-2H3. The van der Waals surface area contributed by atoms with E-state index in [1.54, 1.807) is 29.1 Å². The van der Waals surface area contributed by atoms with Crippen LogP contribution < -0.4 is 0 Å². The third-order valence-corrected chi connectivity index (χ3v) is 3.90. The van der Waals surface area contributed by atoms with Gasteiger partial charge in [-0.2, -0.15) is 5.10 Å². The number of hydrogen-bond acceptors (Lipinski definition) is 2. The third kappa shape index (κ3) is 3.29. The lowest BCUT2D eigenvalue weighted by Gasteiger charge is -2.17. The van der Waals surface area contributed by atoms with E-state index < -0.39 is 6.10 Å². The number of aromatic nitrogens is 2. The Hall–Kier alpha value is -0.740. The van der Waals surface area contributed by atoms with E-state index in [0.717, 1.165) is 5.56 Å². The molecule has 1 unspecified atom stereocenters. The second-order valence-corrected chi connectivity index (χ2v) is 6.12. The average Bonchev–Trinajstić information content (AvgIpc) is 2.75. The predicted molar refractivity (Wildman–Crippen MR) is 82.7 cm³/mol. The Labute approximate surface area is 133 Å². The summed E-state index contributed by atoms with van der Waals surface area (Å²) < 4.78 is 1.72. The van der Waals surface area contributed by atoms with Crippen molar-refractivity contribution in [3.05, 3.63) is 50.7 Å². The van der Waals surface area contributed by atoms with E-state index >= 15 is 0 Å². The minimum atomic E-state index is -0.772. The highest BCUT2D eigenvalue weighted by molar-refractivity contribution is 6.35. The molecular weight excluding hydrogens is 319 g/mol. The summed E-state index contributed by atoms with van der Waals surface area (Å²) in [5.41, 5.74) is 1.42. The highest BCUT2D eigenvalue weighted by atomic mass is 35.5. The van der Waals surface area contributed by atoms with Gasteiger partial charge in [-0.15, -0.1) is 0 Å². The van der Waals surface area contributed by atoms with E-state index in [0.29, 0.717) is 27.2 Å². The van der Waals surface area contributed by atoms with Crippen molar-refractivity contribution in [3.63, 3.8) is 0 Å². The lowest BCUT2D eigenvalue weighted by molar-refractivity contribution is 0.165. The highest BCUT2D eigenvalue weighted by Gasteiger charge is 2.21. The van der Waals surface area contributed by atoms with Crippen molar-refractivity contribution >= 4 is 34.8 Å². The van der Waals surface area contributed by atoms with Gasteiger partial charge in [-0.25, -0.2) is 0 Å². The second-order valence-electron chi connectivity index (χ2n) is 4.87. The van der Waals surface area contributed by atoms with E-state index in [4.69, 9.17) is 34.8 Å². The summed E-state index contributed by atoms with van der Waals surface area (Å²) >= 11 is 18.1. The second kappa shape index (κ2) is 6.35. The van der Waals surface area contributed by atoms with Crippen LogP contribution in [0, 0.1) is 0 Å². The van der Waals surface area contributed by atoms with Gasteiger partial charge in [0.25, 0.3) is 0 Å². The molecule has 1 atom stereocenters. The summed E-state index contributed by atoms with van der Waals surface area (Å²) in [6.07, 6.45) is 1.13. The first-order chi connectivity index (χ1) is 9.40. The molecule has 0 fully saturated rings. The molecule has 6 heteroatoms. The van der Waals surface area contributed by atoms with Gasteiger partial charge in [0.05, 0.1) is 16.9 Å². The van der Waals surface area contributed by atoms with Crippen molar-refractivity contribution in [2.45, 2.75) is 32.4 Å². The molecule has 1 aromatic heterocycles. The summed E-state index contributed by atoms with van der Waals surface area (Å²) in [5, 5.41) is 16.2. The van der Waals surface area contributed by atoms with Gasteiger partial charge in [0.1, 0.15) is 6.10 Å². The molecule has 20 heavy (non-hydrogen) atoms. The molecule has 2 rings (SSSR count). The van der Waals surface area contributed by atoms with Gasteiger partial charge in [0, 0.05) is 22.5 Å². The first-order valence-corrected chi connectivity index (χ1v) is 7.38. The SMILES string of the molecule is CC(C)n1ncc(Cl)c1C(O)Cc1ccc(Cl)cc1Cl. The molecule has 0 saturated carbocycles. The van der Waals surface area contributed by atoms with Crippen LogP contribution in [-0.4, -0.2) is 14.9 Å². The van der Waals surface area contributed by atoms with Gasteiger partial charge in [-0.3, -0.25) is 4.68 Å². The molecule has 0 aliphatic rings. The normalized spacial score (nSPS) is 12.9. The van der Waals surface area contributed by atoms with Gasteiger partial charge in [0.15, 0.2) is 0 Å². The van der Waals surface area contributed by atoms with Crippen LogP contribution in [0.1, 0.15) is 37.3 Å². The van der Waals surface area contributed by atoms with Crippen molar-refractivity contribution < 1.29 is 5.11 Å². The van der Waals surface area contributed by atoms with E-state index in [2.05, 4.69) is 5.10 Å². The van der Waals surface area contributed by atoms with Crippen LogP contribution in [0.5, 0.6) is 0 Å². The molecule has 1 heterocycles. The van der Waals surface area contributed by atoms with Crippen molar-refractivity contribution in [1.29, 1.82) is 0 Å². The van der Waals surface area contributed by atoms with Gasteiger partial charge in [-0.05, 0) is 31.5 Å². The molecule has 3 nitrogen and oxygen atoms in total. The minimum absolute atomic E-state index is 0.118. The number of nitrogens with zero attached hydrogens (tertiary/aromatic N) is 2. The molecule has 0 amide bonds. The van der Waals surface area contributed by atoms with Crippen LogP contribution in [0.25, 0.3) is 0 Å².